The fraction of sp³-hybridized carbons (Fsp3) is 0.429. The van der Waals surface area contributed by atoms with Gasteiger partial charge < -0.3 is 10.2 Å². The number of nitrogens with one attached hydrogen (secondary N) is 1. The third-order valence-corrected chi connectivity index (χ3v) is 3.43. The molecule has 0 radical (unpaired) electrons. The average Bonchev–Trinajstić information content (AvgIpc) is 3.06. The molecule has 0 unspecified atom stereocenters. The molecule has 0 aromatic carbocycles. The second kappa shape index (κ2) is 6.00. The van der Waals surface area contributed by atoms with Gasteiger partial charge in [-0.3, -0.25) is 19.0 Å². The topological polar surface area (TPSA) is 85.1 Å². The van der Waals surface area contributed by atoms with E-state index in [4.69, 9.17) is 0 Å². The summed E-state index contributed by atoms with van der Waals surface area (Å²) in [4.78, 5) is 26.1. The third kappa shape index (κ3) is 2.72. The summed E-state index contributed by atoms with van der Waals surface area (Å²) in [6.07, 6.45) is 1.57. The lowest BCUT2D eigenvalue weighted by molar-refractivity contribution is 0.0822. The molecule has 118 valence electrons. The van der Waals surface area contributed by atoms with E-state index in [1.165, 1.54) is 4.90 Å². The van der Waals surface area contributed by atoms with E-state index in [0.717, 1.165) is 0 Å². The second-order valence-corrected chi connectivity index (χ2v) is 5.12. The Labute approximate surface area is 128 Å². The Morgan fingerprint density at radius 2 is 2.05 bits per heavy atom. The number of anilines is 1. The highest BCUT2D eigenvalue weighted by Gasteiger charge is 2.23. The van der Waals surface area contributed by atoms with Crippen LogP contribution in [0.1, 0.15) is 33.6 Å². The van der Waals surface area contributed by atoms with Crippen molar-refractivity contribution >= 4 is 17.5 Å². The van der Waals surface area contributed by atoms with Crippen LogP contribution in [0.15, 0.2) is 12.3 Å². The molecule has 2 aromatic rings. The molecular weight excluding hydrogens is 284 g/mol. The lowest BCUT2D eigenvalue weighted by atomic mass is 10.2. The van der Waals surface area contributed by atoms with Crippen molar-refractivity contribution in [3.8, 4) is 0 Å². The van der Waals surface area contributed by atoms with E-state index in [1.807, 2.05) is 6.92 Å². The number of aryl methyl sites for hydroxylation is 2. The normalized spacial score (nSPS) is 10.6. The van der Waals surface area contributed by atoms with Crippen molar-refractivity contribution < 1.29 is 9.59 Å². The molecule has 0 aliphatic carbocycles. The number of amides is 2. The smallest absolute Gasteiger partial charge is 0.276 e. The van der Waals surface area contributed by atoms with Gasteiger partial charge in [0, 0.05) is 33.9 Å². The minimum absolute atomic E-state index is 0.223. The van der Waals surface area contributed by atoms with Crippen LogP contribution in [0.3, 0.4) is 0 Å². The first-order chi connectivity index (χ1) is 10.4. The Hall–Kier alpha value is -2.64. The molecule has 8 nitrogen and oxygen atoms in total. The maximum absolute atomic E-state index is 12.4. The summed E-state index contributed by atoms with van der Waals surface area (Å²) in [6, 6.07) is 1.64. The van der Waals surface area contributed by atoms with E-state index < -0.39 is 0 Å². The van der Waals surface area contributed by atoms with Gasteiger partial charge in [-0.1, -0.05) is 0 Å². The van der Waals surface area contributed by atoms with E-state index >= 15 is 0 Å². The standard InChI is InChI=1S/C14H20N6O2/c1-6-20-10(7-8-15-20)13(21)16-11-9(2)19(5)17-12(11)14(22)18(3)4/h7-8H,6H2,1-5H3,(H,16,21). The van der Waals surface area contributed by atoms with Crippen LogP contribution in [0.5, 0.6) is 0 Å². The highest BCUT2D eigenvalue weighted by molar-refractivity contribution is 6.08. The first-order valence-corrected chi connectivity index (χ1v) is 6.95. The third-order valence-electron chi connectivity index (χ3n) is 3.43. The maximum atomic E-state index is 12.4. The highest BCUT2D eigenvalue weighted by atomic mass is 16.2. The maximum Gasteiger partial charge on any atom is 0.276 e. The van der Waals surface area contributed by atoms with Gasteiger partial charge in [0.1, 0.15) is 5.69 Å². The number of hydrogen-bond acceptors (Lipinski definition) is 4. The SMILES string of the molecule is CCn1nccc1C(=O)Nc1c(C(=O)N(C)C)nn(C)c1C. The molecule has 0 aliphatic heterocycles. The van der Waals surface area contributed by atoms with Crippen molar-refractivity contribution in [2.75, 3.05) is 19.4 Å². The fourth-order valence-electron chi connectivity index (χ4n) is 2.07. The Morgan fingerprint density at radius 1 is 1.36 bits per heavy atom. The summed E-state index contributed by atoms with van der Waals surface area (Å²) < 4.78 is 3.16. The van der Waals surface area contributed by atoms with Gasteiger partial charge in [-0.15, -0.1) is 0 Å². The molecule has 0 bridgehead atoms. The van der Waals surface area contributed by atoms with Crippen LogP contribution in [0.4, 0.5) is 5.69 Å². The van der Waals surface area contributed by atoms with Gasteiger partial charge in [0.2, 0.25) is 0 Å². The fourth-order valence-corrected chi connectivity index (χ4v) is 2.07. The number of carbonyl (C=O) groups excluding carboxylic acids is 2. The zero-order valence-corrected chi connectivity index (χ0v) is 13.4. The minimum atomic E-state index is -0.316. The minimum Gasteiger partial charge on any atom is -0.343 e. The summed E-state index contributed by atoms with van der Waals surface area (Å²) in [5, 5.41) is 11.0. The van der Waals surface area contributed by atoms with E-state index in [1.54, 1.807) is 49.7 Å². The van der Waals surface area contributed by atoms with E-state index in [-0.39, 0.29) is 17.5 Å². The molecule has 2 rings (SSSR count). The highest BCUT2D eigenvalue weighted by Crippen LogP contribution is 2.21. The largest absolute Gasteiger partial charge is 0.343 e. The first-order valence-electron chi connectivity index (χ1n) is 6.95. The summed E-state index contributed by atoms with van der Waals surface area (Å²) >= 11 is 0. The summed E-state index contributed by atoms with van der Waals surface area (Å²) in [5.74, 6) is -0.578. The quantitative estimate of drug-likeness (QED) is 0.909. The molecule has 0 saturated heterocycles. The summed E-state index contributed by atoms with van der Waals surface area (Å²) in [5.41, 5.74) is 1.80. The van der Waals surface area contributed by atoms with Crippen molar-refractivity contribution in [1.82, 2.24) is 24.5 Å². The number of carbonyl (C=O) groups is 2. The monoisotopic (exact) mass is 304 g/mol. The Morgan fingerprint density at radius 3 is 2.64 bits per heavy atom. The van der Waals surface area contributed by atoms with Crippen molar-refractivity contribution in [3.05, 3.63) is 29.3 Å². The van der Waals surface area contributed by atoms with Gasteiger partial charge >= 0.3 is 0 Å². The average molecular weight is 304 g/mol. The lowest BCUT2D eigenvalue weighted by Crippen LogP contribution is -2.25. The van der Waals surface area contributed by atoms with Crippen LogP contribution in [-0.2, 0) is 13.6 Å². The van der Waals surface area contributed by atoms with Gasteiger partial charge in [0.25, 0.3) is 11.8 Å². The van der Waals surface area contributed by atoms with Gasteiger partial charge in [-0.25, -0.2) is 0 Å². The number of nitrogens with zero attached hydrogens (tertiary/aromatic N) is 5. The van der Waals surface area contributed by atoms with Crippen LogP contribution < -0.4 is 5.32 Å². The van der Waals surface area contributed by atoms with Crippen molar-refractivity contribution in [2.45, 2.75) is 20.4 Å². The molecule has 2 amide bonds. The Kier molecular flexibility index (Phi) is 4.30. The van der Waals surface area contributed by atoms with Crippen molar-refractivity contribution in [1.29, 1.82) is 0 Å². The molecule has 2 aromatic heterocycles. The molecule has 8 heteroatoms. The zero-order chi connectivity index (χ0) is 16.4. The van der Waals surface area contributed by atoms with E-state index in [9.17, 15) is 9.59 Å². The second-order valence-electron chi connectivity index (χ2n) is 5.12. The Balaban J connectivity index is 2.37. The van der Waals surface area contributed by atoms with Gasteiger partial charge in [0.05, 0.1) is 11.4 Å². The summed E-state index contributed by atoms with van der Waals surface area (Å²) in [7, 11) is 5.02. The Bertz CT molecular complexity index is 713. The van der Waals surface area contributed by atoms with Crippen molar-refractivity contribution in [2.24, 2.45) is 7.05 Å². The van der Waals surface area contributed by atoms with Gasteiger partial charge in [-0.05, 0) is 19.9 Å². The predicted octanol–water partition coefficient (Wildman–Crippen LogP) is 0.899. The number of rotatable bonds is 4. The van der Waals surface area contributed by atoms with Gasteiger partial charge in [0.15, 0.2) is 5.69 Å². The van der Waals surface area contributed by atoms with Crippen LogP contribution in [0.2, 0.25) is 0 Å². The molecule has 0 fully saturated rings. The molecule has 2 heterocycles. The summed E-state index contributed by atoms with van der Waals surface area (Å²) in [6.45, 7) is 4.29. The molecular formula is C14H20N6O2. The van der Waals surface area contributed by atoms with Crippen LogP contribution >= 0.6 is 0 Å². The van der Waals surface area contributed by atoms with Crippen molar-refractivity contribution in [3.63, 3.8) is 0 Å². The first kappa shape index (κ1) is 15.7. The zero-order valence-electron chi connectivity index (χ0n) is 13.4. The molecule has 0 atom stereocenters. The van der Waals surface area contributed by atoms with Crippen LogP contribution in [-0.4, -0.2) is 50.4 Å². The van der Waals surface area contributed by atoms with E-state index in [2.05, 4.69) is 15.5 Å². The molecule has 0 aliphatic rings. The molecule has 0 spiro atoms. The lowest BCUT2D eigenvalue weighted by Gasteiger charge is -2.11. The van der Waals surface area contributed by atoms with E-state index in [0.29, 0.717) is 23.6 Å². The molecule has 1 N–H and O–H groups in total. The van der Waals surface area contributed by atoms with Gasteiger partial charge in [-0.2, -0.15) is 10.2 Å². The molecule has 0 saturated carbocycles. The molecule has 22 heavy (non-hydrogen) atoms. The van der Waals surface area contributed by atoms with Crippen LogP contribution in [0.25, 0.3) is 0 Å². The number of hydrogen-bond donors (Lipinski definition) is 1. The number of aromatic nitrogens is 4. The van der Waals surface area contributed by atoms with Crippen LogP contribution in [0, 0.1) is 6.92 Å². The predicted molar refractivity (Wildman–Crippen MR) is 81.8 cm³/mol.